The van der Waals surface area contributed by atoms with E-state index in [2.05, 4.69) is 49.5 Å². The summed E-state index contributed by atoms with van der Waals surface area (Å²) < 4.78 is 22.4. The number of halogens is 3. The summed E-state index contributed by atoms with van der Waals surface area (Å²) in [6.07, 6.45) is 0. The lowest BCUT2D eigenvalue weighted by molar-refractivity contribution is 0.0519. The minimum atomic E-state index is -0.446. The number of aromatic nitrogens is 4. The minimum Gasteiger partial charge on any atom is -0.487 e. The highest BCUT2D eigenvalue weighted by atomic mass is 79.9. The number of nitrogens with zero attached hydrogens (tertiary/aromatic N) is 4. The first-order chi connectivity index (χ1) is 29.2. The van der Waals surface area contributed by atoms with Crippen molar-refractivity contribution in [3.8, 4) is 45.6 Å². The SMILES string of the molecule is CCOC(=O)c1cccc(-c2ccc(C)n2-c2cc(Cl)ccc2OCc2ccccc2)n1.Cc1ccc(-c2cccc(Br)n2)n1-c1cc(Cl)ccc1OCc1ccccc1. The first-order valence-corrected chi connectivity index (χ1v) is 20.8. The molecule has 0 saturated heterocycles. The van der Waals surface area contributed by atoms with Crippen LogP contribution in [0.3, 0.4) is 0 Å². The van der Waals surface area contributed by atoms with Crippen LogP contribution in [0.2, 0.25) is 10.0 Å². The van der Waals surface area contributed by atoms with E-state index in [4.69, 9.17) is 37.4 Å². The summed E-state index contributed by atoms with van der Waals surface area (Å²) in [4.78, 5) is 21.3. The molecule has 0 spiro atoms. The average molecular weight is 901 g/mol. The van der Waals surface area contributed by atoms with Crippen LogP contribution in [0.25, 0.3) is 34.2 Å². The Morgan fingerprint density at radius 1 is 0.583 bits per heavy atom. The van der Waals surface area contributed by atoms with Crippen LogP contribution in [0.1, 0.15) is 39.9 Å². The molecule has 0 radical (unpaired) electrons. The number of esters is 1. The van der Waals surface area contributed by atoms with E-state index in [-0.39, 0.29) is 5.69 Å². The second-order valence-corrected chi connectivity index (χ2v) is 15.3. The van der Waals surface area contributed by atoms with Crippen molar-refractivity contribution in [2.75, 3.05) is 6.61 Å². The molecule has 0 bridgehead atoms. The fourth-order valence-electron chi connectivity index (χ4n) is 6.61. The predicted molar refractivity (Wildman–Crippen MR) is 243 cm³/mol. The van der Waals surface area contributed by atoms with Gasteiger partial charge in [0.15, 0.2) is 0 Å². The molecule has 302 valence electrons. The fraction of sp³-hybridized carbons (Fsp3) is 0.122. The van der Waals surface area contributed by atoms with Crippen LogP contribution in [0.15, 0.2) is 162 Å². The van der Waals surface area contributed by atoms with Gasteiger partial charge >= 0.3 is 5.97 Å². The van der Waals surface area contributed by atoms with Crippen LogP contribution in [0.5, 0.6) is 11.5 Å². The molecule has 0 aliphatic rings. The Labute approximate surface area is 368 Å². The Hall–Kier alpha value is -6.13. The zero-order chi connectivity index (χ0) is 42.0. The van der Waals surface area contributed by atoms with Gasteiger partial charge < -0.3 is 23.3 Å². The third kappa shape index (κ3) is 10.2. The maximum absolute atomic E-state index is 12.2. The van der Waals surface area contributed by atoms with E-state index in [1.165, 1.54) is 0 Å². The zero-order valence-corrected chi connectivity index (χ0v) is 36.3. The summed E-state index contributed by atoms with van der Waals surface area (Å²) in [5.74, 6) is 1.02. The fourth-order valence-corrected chi connectivity index (χ4v) is 7.29. The van der Waals surface area contributed by atoms with Crippen molar-refractivity contribution in [1.82, 2.24) is 19.1 Å². The average Bonchev–Trinajstić information content (AvgIpc) is 3.85. The van der Waals surface area contributed by atoms with Gasteiger partial charge in [-0.2, -0.15) is 0 Å². The van der Waals surface area contributed by atoms with Crippen LogP contribution >= 0.6 is 39.1 Å². The molecule has 0 N–H and O–H groups in total. The third-order valence-corrected chi connectivity index (χ3v) is 10.3. The van der Waals surface area contributed by atoms with E-state index in [0.29, 0.717) is 41.3 Å². The Balaban J connectivity index is 0.000000183. The quantitative estimate of drug-likeness (QED) is 0.0897. The van der Waals surface area contributed by atoms with Crippen molar-refractivity contribution < 1.29 is 19.0 Å². The van der Waals surface area contributed by atoms with Gasteiger partial charge in [-0.3, -0.25) is 0 Å². The van der Waals surface area contributed by atoms with E-state index < -0.39 is 5.97 Å². The van der Waals surface area contributed by atoms with E-state index in [0.717, 1.165) is 61.3 Å². The highest BCUT2D eigenvalue weighted by molar-refractivity contribution is 9.10. The number of carbonyl (C=O) groups excluding carboxylic acids is 1. The molecule has 0 amide bonds. The van der Waals surface area contributed by atoms with Gasteiger partial charge in [0, 0.05) is 21.4 Å². The second-order valence-electron chi connectivity index (χ2n) is 13.6. The Morgan fingerprint density at radius 2 is 1.07 bits per heavy atom. The number of benzene rings is 4. The summed E-state index contributed by atoms with van der Waals surface area (Å²) >= 11 is 16.1. The number of rotatable bonds is 12. The molecule has 0 unspecified atom stereocenters. The Bertz CT molecular complexity index is 2720. The molecule has 8 nitrogen and oxygen atoms in total. The normalized spacial score (nSPS) is 10.8. The largest absolute Gasteiger partial charge is 0.487 e. The first-order valence-electron chi connectivity index (χ1n) is 19.3. The minimum absolute atomic E-state index is 0.265. The van der Waals surface area contributed by atoms with Crippen LogP contribution in [0, 0.1) is 13.8 Å². The van der Waals surface area contributed by atoms with Gasteiger partial charge in [0.1, 0.15) is 35.0 Å². The number of ether oxygens (including phenoxy) is 3. The topological polar surface area (TPSA) is 80.4 Å². The first kappa shape index (κ1) is 42.0. The molecule has 0 fully saturated rings. The number of hydrogen-bond donors (Lipinski definition) is 0. The van der Waals surface area contributed by atoms with E-state index in [1.54, 1.807) is 19.1 Å². The third-order valence-electron chi connectivity index (χ3n) is 9.42. The molecular formula is C49H41BrCl2N4O4. The number of hydrogen-bond acceptors (Lipinski definition) is 6. The van der Waals surface area contributed by atoms with Gasteiger partial charge in [0.2, 0.25) is 0 Å². The molecule has 4 aromatic heterocycles. The van der Waals surface area contributed by atoms with Crippen LogP contribution in [-0.4, -0.2) is 31.7 Å². The van der Waals surface area contributed by atoms with Gasteiger partial charge in [-0.15, -0.1) is 0 Å². The second kappa shape index (κ2) is 19.7. The molecule has 4 heterocycles. The smallest absolute Gasteiger partial charge is 0.356 e. The standard InChI is InChI=1S/C26H23ClN2O3.C23H18BrClN2O/c1-3-31-26(30)22-11-7-10-21(28-22)23-14-12-18(2)29(23)24-16-20(27)13-15-25(24)32-17-19-8-5-4-6-9-19;1-16-10-12-20(19-8-5-9-23(24)26-19)27(16)21-14-18(25)11-13-22(21)28-15-17-6-3-2-4-7-17/h4-16H,3,17H2,1-2H3;2-14H,15H2,1H3. The highest BCUT2D eigenvalue weighted by Crippen LogP contribution is 2.35. The lowest BCUT2D eigenvalue weighted by Crippen LogP contribution is -2.08. The molecule has 11 heteroatoms. The lowest BCUT2D eigenvalue weighted by Gasteiger charge is -2.17. The Morgan fingerprint density at radius 3 is 1.55 bits per heavy atom. The van der Waals surface area contributed by atoms with Gasteiger partial charge in [-0.1, -0.05) is 96.0 Å². The highest BCUT2D eigenvalue weighted by Gasteiger charge is 2.19. The molecule has 0 atom stereocenters. The lowest BCUT2D eigenvalue weighted by atomic mass is 10.2. The molecular weight excluding hydrogens is 859 g/mol. The van der Waals surface area contributed by atoms with Crippen molar-refractivity contribution in [3.05, 3.63) is 201 Å². The molecule has 4 aromatic carbocycles. The Kier molecular flexibility index (Phi) is 13.8. The summed E-state index contributed by atoms with van der Waals surface area (Å²) in [7, 11) is 0. The number of aryl methyl sites for hydroxylation is 2. The molecule has 8 rings (SSSR count). The summed E-state index contributed by atoms with van der Waals surface area (Å²) in [5, 5.41) is 1.25. The predicted octanol–water partition coefficient (Wildman–Crippen LogP) is 13.1. The molecule has 0 aliphatic heterocycles. The number of carbonyl (C=O) groups is 1. The van der Waals surface area contributed by atoms with Crippen molar-refractivity contribution >= 4 is 45.1 Å². The van der Waals surface area contributed by atoms with Gasteiger partial charge in [-0.05, 0) is 133 Å². The summed E-state index contributed by atoms with van der Waals surface area (Å²) in [5.41, 5.74) is 9.51. The van der Waals surface area contributed by atoms with Crippen LogP contribution < -0.4 is 9.47 Å². The molecule has 0 saturated carbocycles. The van der Waals surface area contributed by atoms with Crippen LogP contribution in [0.4, 0.5) is 0 Å². The molecule has 60 heavy (non-hydrogen) atoms. The maximum Gasteiger partial charge on any atom is 0.356 e. The van der Waals surface area contributed by atoms with E-state index >= 15 is 0 Å². The van der Waals surface area contributed by atoms with Gasteiger partial charge in [-0.25, -0.2) is 14.8 Å². The van der Waals surface area contributed by atoms with E-state index in [9.17, 15) is 4.79 Å². The van der Waals surface area contributed by atoms with Gasteiger partial charge in [0.05, 0.1) is 40.8 Å². The maximum atomic E-state index is 12.2. The summed E-state index contributed by atoms with van der Waals surface area (Å²) in [6, 6.07) is 50.6. The molecule has 0 aliphatic carbocycles. The van der Waals surface area contributed by atoms with Crippen molar-refractivity contribution in [3.63, 3.8) is 0 Å². The number of pyridine rings is 2. The van der Waals surface area contributed by atoms with Crippen molar-refractivity contribution in [2.45, 2.75) is 34.0 Å². The zero-order valence-electron chi connectivity index (χ0n) is 33.2. The van der Waals surface area contributed by atoms with Gasteiger partial charge in [0.25, 0.3) is 0 Å². The monoisotopic (exact) mass is 898 g/mol. The van der Waals surface area contributed by atoms with E-state index in [1.807, 2.05) is 145 Å². The summed E-state index contributed by atoms with van der Waals surface area (Å²) in [6.45, 7) is 7.04. The molecule has 8 aromatic rings. The van der Waals surface area contributed by atoms with Crippen molar-refractivity contribution in [1.29, 1.82) is 0 Å². The van der Waals surface area contributed by atoms with Crippen LogP contribution in [-0.2, 0) is 18.0 Å². The van der Waals surface area contributed by atoms with Crippen molar-refractivity contribution in [2.24, 2.45) is 0 Å².